The number of aromatic nitrogens is 2. The van der Waals surface area contributed by atoms with E-state index in [9.17, 15) is 5.11 Å². The zero-order valence-electron chi connectivity index (χ0n) is 9.75. The van der Waals surface area contributed by atoms with E-state index in [1.165, 1.54) is 10.5 Å². The lowest BCUT2D eigenvalue weighted by molar-refractivity contribution is 0.151. The van der Waals surface area contributed by atoms with Gasteiger partial charge in [-0.2, -0.15) is 4.98 Å². The number of aliphatic hydroxyl groups is 1. The smallest absolute Gasteiger partial charge is 0.255 e. The average molecular weight is 250 g/mol. The Morgan fingerprint density at radius 2 is 2.06 bits per heavy atom. The van der Waals surface area contributed by atoms with Crippen molar-refractivity contribution in [2.24, 2.45) is 0 Å². The van der Waals surface area contributed by atoms with E-state index in [1.54, 1.807) is 18.7 Å². The molecule has 0 unspecified atom stereocenters. The molecule has 0 aliphatic rings. The molecule has 0 spiro atoms. The second-order valence-electron chi connectivity index (χ2n) is 3.83. The molecule has 1 atom stereocenters. The highest BCUT2D eigenvalue weighted by molar-refractivity contribution is 7.98. The number of thioether (sulfide) groups is 1. The molecule has 2 rings (SSSR count). The molecule has 2 aromatic rings. The molecule has 0 radical (unpaired) electrons. The highest BCUT2D eigenvalue weighted by Gasteiger charge is 2.10. The summed E-state index contributed by atoms with van der Waals surface area (Å²) in [5, 5.41) is 13.1. The zero-order chi connectivity index (χ0) is 12.3. The number of nitrogens with zero attached hydrogens (tertiary/aromatic N) is 2. The Labute approximate surface area is 104 Å². The molecule has 17 heavy (non-hydrogen) atoms. The van der Waals surface area contributed by atoms with Gasteiger partial charge in [-0.05, 0) is 26.0 Å². The first-order chi connectivity index (χ1) is 8.15. The van der Waals surface area contributed by atoms with E-state index in [-0.39, 0.29) is 5.89 Å². The van der Waals surface area contributed by atoms with Crippen LogP contribution in [-0.4, -0.2) is 15.2 Å². The number of aliphatic hydroxyl groups excluding tert-OH is 1. The van der Waals surface area contributed by atoms with E-state index in [1.807, 2.05) is 0 Å². The predicted molar refractivity (Wildman–Crippen MR) is 65.7 cm³/mol. The van der Waals surface area contributed by atoms with Gasteiger partial charge in [-0.15, -0.1) is 11.8 Å². The fourth-order valence-electron chi connectivity index (χ4n) is 1.28. The van der Waals surface area contributed by atoms with Gasteiger partial charge in [0.15, 0.2) is 5.82 Å². The Hall–Kier alpha value is -1.33. The third kappa shape index (κ3) is 3.31. The molecule has 0 saturated carbocycles. The maximum Gasteiger partial charge on any atom is 0.255 e. The minimum atomic E-state index is -0.708. The summed E-state index contributed by atoms with van der Waals surface area (Å²) in [7, 11) is 0. The first kappa shape index (κ1) is 12.1. The molecule has 1 aromatic heterocycles. The standard InChI is InChI=1S/C12H14N2O2S/c1-8-3-5-10(6-4-8)17-7-11-13-12(9(2)15)16-14-11/h3-6,9,15H,7H2,1-2H3/t9-/m0/s1. The van der Waals surface area contributed by atoms with Crippen LogP contribution >= 0.6 is 11.8 Å². The molecule has 4 nitrogen and oxygen atoms in total. The molecule has 0 saturated heterocycles. The van der Waals surface area contributed by atoms with E-state index in [2.05, 4.69) is 41.3 Å². The highest BCUT2D eigenvalue weighted by atomic mass is 32.2. The van der Waals surface area contributed by atoms with Gasteiger partial charge in [0.05, 0.1) is 5.75 Å². The third-order valence-electron chi connectivity index (χ3n) is 2.23. The van der Waals surface area contributed by atoms with Crippen LogP contribution in [-0.2, 0) is 5.75 Å². The van der Waals surface area contributed by atoms with Crippen molar-refractivity contribution >= 4 is 11.8 Å². The Morgan fingerprint density at radius 3 is 2.65 bits per heavy atom. The lowest BCUT2D eigenvalue weighted by Crippen LogP contribution is -1.91. The lowest BCUT2D eigenvalue weighted by atomic mass is 10.2. The summed E-state index contributed by atoms with van der Waals surface area (Å²) in [4.78, 5) is 5.26. The number of benzene rings is 1. The summed E-state index contributed by atoms with van der Waals surface area (Å²) >= 11 is 1.64. The van der Waals surface area contributed by atoms with Crippen molar-refractivity contribution in [3.05, 3.63) is 41.5 Å². The molecule has 1 N–H and O–H groups in total. The highest BCUT2D eigenvalue weighted by Crippen LogP contribution is 2.22. The van der Waals surface area contributed by atoms with Crippen LogP contribution in [0.15, 0.2) is 33.7 Å². The van der Waals surface area contributed by atoms with Gasteiger partial charge in [0.2, 0.25) is 0 Å². The van der Waals surface area contributed by atoms with Crippen molar-refractivity contribution in [3.8, 4) is 0 Å². The summed E-state index contributed by atoms with van der Waals surface area (Å²) in [5.41, 5.74) is 1.24. The number of rotatable bonds is 4. The molecular formula is C12H14N2O2S. The van der Waals surface area contributed by atoms with Crippen molar-refractivity contribution in [3.63, 3.8) is 0 Å². The summed E-state index contributed by atoms with van der Waals surface area (Å²) in [5.74, 6) is 1.51. The lowest BCUT2D eigenvalue weighted by Gasteiger charge is -1.98. The van der Waals surface area contributed by atoms with Gasteiger partial charge in [0.1, 0.15) is 6.10 Å². The largest absolute Gasteiger partial charge is 0.384 e. The van der Waals surface area contributed by atoms with E-state index < -0.39 is 6.10 Å². The zero-order valence-corrected chi connectivity index (χ0v) is 10.6. The van der Waals surface area contributed by atoms with Gasteiger partial charge < -0.3 is 9.63 Å². The minimum absolute atomic E-state index is 0.268. The van der Waals surface area contributed by atoms with E-state index in [0.29, 0.717) is 11.6 Å². The Balaban J connectivity index is 1.95. The number of hydrogen-bond donors (Lipinski definition) is 1. The van der Waals surface area contributed by atoms with Crippen molar-refractivity contribution in [2.75, 3.05) is 0 Å². The Morgan fingerprint density at radius 1 is 1.35 bits per heavy atom. The van der Waals surface area contributed by atoms with Crippen LogP contribution in [0, 0.1) is 6.92 Å². The van der Waals surface area contributed by atoms with E-state index >= 15 is 0 Å². The van der Waals surface area contributed by atoms with Crippen LogP contribution in [0.2, 0.25) is 0 Å². The van der Waals surface area contributed by atoms with Gasteiger partial charge in [-0.3, -0.25) is 0 Å². The molecule has 1 heterocycles. The fourth-order valence-corrected chi connectivity index (χ4v) is 2.02. The van der Waals surface area contributed by atoms with Crippen LogP contribution in [0.5, 0.6) is 0 Å². The third-order valence-corrected chi connectivity index (χ3v) is 3.24. The summed E-state index contributed by atoms with van der Waals surface area (Å²) < 4.78 is 4.91. The molecule has 0 fully saturated rings. The Kier molecular flexibility index (Phi) is 3.81. The van der Waals surface area contributed by atoms with Gasteiger partial charge in [-0.25, -0.2) is 0 Å². The molecule has 0 bridgehead atoms. The van der Waals surface area contributed by atoms with Gasteiger partial charge in [-0.1, -0.05) is 22.9 Å². The maximum atomic E-state index is 9.25. The monoisotopic (exact) mass is 250 g/mol. The van der Waals surface area contributed by atoms with Gasteiger partial charge in [0.25, 0.3) is 5.89 Å². The predicted octanol–water partition coefficient (Wildman–Crippen LogP) is 2.72. The summed E-state index contributed by atoms with van der Waals surface area (Å²) in [6.07, 6.45) is -0.708. The minimum Gasteiger partial charge on any atom is -0.384 e. The van der Waals surface area contributed by atoms with Crippen LogP contribution in [0.4, 0.5) is 0 Å². The average Bonchev–Trinajstić information content (AvgIpc) is 2.77. The molecule has 0 amide bonds. The molecular weight excluding hydrogens is 236 g/mol. The second-order valence-corrected chi connectivity index (χ2v) is 4.88. The fraction of sp³-hybridized carbons (Fsp3) is 0.333. The van der Waals surface area contributed by atoms with Crippen LogP contribution in [0.3, 0.4) is 0 Å². The molecule has 90 valence electrons. The maximum absolute atomic E-state index is 9.25. The SMILES string of the molecule is Cc1ccc(SCc2noc([C@H](C)O)n2)cc1. The van der Waals surface area contributed by atoms with Crippen molar-refractivity contribution < 1.29 is 9.63 Å². The first-order valence-electron chi connectivity index (χ1n) is 5.35. The summed E-state index contributed by atoms with van der Waals surface area (Å²) in [6, 6.07) is 8.27. The summed E-state index contributed by atoms with van der Waals surface area (Å²) in [6.45, 7) is 3.66. The van der Waals surface area contributed by atoms with E-state index in [0.717, 1.165) is 0 Å². The quantitative estimate of drug-likeness (QED) is 0.845. The van der Waals surface area contributed by atoms with Crippen molar-refractivity contribution in [1.82, 2.24) is 10.1 Å². The number of hydrogen-bond acceptors (Lipinski definition) is 5. The first-order valence-corrected chi connectivity index (χ1v) is 6.34. The van der Waals surface area contributed by atoms with Crippen LogP contribution in [0.1, 0.15) is 30.3 Å². The van der Waals surface area contributed by atoms with Crippen LogP contribution in [0.25, 0.3) is 0 Å². The van der Waals surface area contributed by atoms with Crippen molar-refractivity contribution in [2.45, 2.75) is 30.6 Å². The topological polar surface area (TPSA) is 59.2 Å². The molecule has 0 aliphatic carbocycles. The van der Waals surface area contributed by atoms with E-state index in [4.69, 9.17) is 4.52 Å². The Bertz CT molecular complexity index is 480. The van der Waals surface area contributed by atoms with Gasteiger partial charge >= 0.3 is 0 Å². The van der Waals surface area contributed by atoms with Crippen LogP contribution < -0.4 is 0 Å². The number of aryl methyl sites for hydroxylation is 1. The second kappa shape index (κ2) is 5.33. The molecule has 0 aliphatic heterocycles. The normalized spacial score (nSPS) is 12.6. The molecule has 1 aromatic carbocycles. The van der Waals surface area contributed by atoms with Gasteiger partial charge in [0, 0.05) is 4.90 Å². The molecule has 5 heteroatoms. The van der Waals surface area contributed by atoms with Crippen molar-refractivity contribution in [1.29, 1.82) is 0 Å².